The van der Waals surface area contributed by atoms with Crippen LogP contribution >= 0.6 is 0 Å². The lowest BCUT2D eigenvalue weighted by molar-refractivity contribution is -0.122. The lowest BCUT2D eigenvalue weighted by Gasteiger charge is -2.33. The zero-order valence-corrected chi connectivity index (χ0v) is 13.5. The van der Waals surface area contributed by atoms with Crippen LogP contribution in [0.3, 0.4) is 0 Å². The number of rotatable bonds is 7. The van der Waals surface area contributed by atoms with E-state index in [1.807, 2.05) is 19.1 Å². The van der Waals surface area contributed by atoms with Gasteiger partial charge in [-0.05, 0) is 25.1 Å². The minimum Gasteiger partial charge on any atom is -0.478 e. The lowest BCUT2D eigenvalue weighted by Crippen LogP contribution is -2.49. The van der Waals surface area contributed by atoms with E-state index in [0.29, 0.717) is 25.6 Å². The predicted molar refractivity (Wildman–Crippen MR) is 85.8 cm³/mol. The van der Waals surface area contributed by atoms with E-state index >= 15 is 0 Å². The molecule has 0 radical (unpaired) electrons. The fraction of sp³-hybridized carbons (Fsp3) is 0.625. The van der Waals surface area contributed by atoms with Crippen molar-refractivity contribution in [1.82, 2.24) is 20.1 Å². The lowest BCUT2D eigenvalue weighted by atomic mass is 10.2. The molecule has 2 rings (SSSR count). The summed E-state index contributed by atoms with van der Waals surface area (Å²) in [5, 5.41) is 2.96. The van der Waals surface area contributed by atoms with E-state index in [4.69, 9.17) is 4.74 Å². The summed E-state index contributed by atoms with van der Waals surface area (Å²) in [6, 6.07) is 3.76. The molecule has 122 valence electrons. The number of hydrogen-bond acceptors (Lipinski definition) is 5. The van der Waals surface area contributed by atoms with E-state index in [0.717, 1.165) is 38.3 Å². The maximum atomic E-state index is 12.0. The predicted octanol–water partition coefficient (Wildman–Crippen LogP) is 0.734. The number of nitrogens with one attached hydrogen (secondary N) is 1. The van der Waals surface area contributed by atoms with Crippen LogP contribution < -0.4 is 10.1 Å². The van der Waals surface area contributed by atoms with Crippen LogP contribution in [0.4, 0.5) is 0 Å². The van der Waals surface area contributed by atoms with Crippen LogP contribution in [0.1, 0.15) is 19.4 Å². The Morgan fingerprint density at radius 3 is 2.68 bits per heavy atom. The second-order valence-electron chi connectivity index (χ2n) is 5.42. The van der Waals surface area contributed by atoms with Gasteiger partial charge in [-0.1, -0.05) is 6.92 Å². The summed E-state index contributed by atoms with van der Waals surface area (Å²) in [6.45, 7) is 10.8. The molecular weight excluding hydrogens is 280 g/mol. The highest BCUT2D eigenvalue weighted by Gasteiger charge is 2.17. The zero-order valence-electron chi connectivity index (χ0n) is 13.5. The Labute approximate surface area is 132 Å². The van der Waals surface area contributed by atoms with Gasteiger partial charge in [0.25, 0.3) is 0 Å². The third-order valence-corrected chi connectivity index (χ3v) is 3.86. The van der Waals surface area contributed by atoms with Gasteiger partial charge in [0.05, 0.1) is 13.2 Å². The number of piperazine rings is 1. The molecule has 22 heavy (non-hydrogen) atoms. The molecule has 0 aromatic carbocycles. The molecule has 0 aliphatic carbocycles. The van der Waals surface area contributed by atoms with Gasteiger partial charge in [-0.3, -0.25) is 9.69 Å². The van der Waals surface area contributed by atoms with E-state index in [1.54, 1.807) is 6.20 Å². The monoisotopic (exact) mass is 306 g/mol. The molecule has 1 aliphatic rings. The van der Waals surface area contributed by atoms with Crippen LogP contribution in [0.5, 0.6) is 5.88 Å². The van der Waals surface area contributed by atoms with E-state index in [2.05, 4.69) is 27.0 Å². The molecule has 0 bridgehead atoms. The fourth-order valence-corrected chi connectivity index (χ4v) is 2.51. The molecule has 1 aromatic rings. The average Bonchev–Trinajstić information content (AvgIpc) is 2.54. The van der Waals surface area contributed by atoms with Crippen molar-refractivity contribution in [2.75, 3.05) is 45.9 Å². The fourth-order valence-electron chi connectivity index (χ4n) is 2.51. The van der Waals surface area contributed by atoms with Gasteiger partial charge >= 0.3 is 0 Å². The standard InChI is InChI=1S/C16H26N4O2/c1-3-19-7-9-20(10-8-19)13-15(21)18-12-14-5-6-17-16(11-14)22-4-2/h5-6,11H,3-4,7-10,12-13H2,1-2H3,(H,18,21). The number of nitrogens with zero attached hydrogens (tertiary/aromatic N) is 3. The van der Waals surface area contributed by atoms with E-state index in [-0.39, 0.29) is 5.91 Å². The molecule has 0 atom stereocenters. The topological polar surface area (TPSA) is 57.7 Å². The van der Waals surface area contributed by atoms with Crippen molar-refractivity contribution in [2.45, 2.75) is 20.4 Å². The summed E-state index contributed by atoms with van der Waals surface area (Å²) in [6.07, 6.45) is 1.70. The largest absolute Gasteiger partial charge is 0.478 e. The van der Waals surface area contributed by atoms with Crippen LogP contribution in [-0.4, -0.2) is 66.6 Å². The summed E-state index contributed by atoms with van der Waals surface area (Å²) in [4.78, 5) is 20.8. The molecule has 1 fully saturated rings. The average molecular weight is 306 g/mol. The van der Waals surface area contributed by atoms with Gasteiger partial charge in [0.15, 0.2) is 0 Å². The van der Waals surface area contributed by atoms with E-state index < -0.39 is 0 Å². The first-order valence-electron chi connectivity index (χ1n) is 8.00. The Morgan fingerprint density at radius 2 is 2.00 bits per heavy atom. The quantitative estimate of drug-likeness (QED) is 0.805. The number of aromatic nitrogens is 1. The number of likely N-dealkylation sites (N-methyl/N-ethyl adjacent to an activating group) is 1. The van der Waals surface area contributed by atoms with Gasteiger partial charge in [0, 0.05) is 45.0 Å². The van der Waals surface area contributed by atoms with Gasteiger partial charge in [0.2, 0.25) is 11.8 Å². The summed E-state index contributed by atoms with van der Waals surface area (Å²) in [5.41, 5.74) is 1.00. The van der Waals surface area contributed by atoms with Crippen LogP contribution in [0, 0.1) is 0 Å². The Hall–Kier alpha value is -1.66. The SMILES string of the molecule is CCOc1cc(CNC(=O)CN2CCN(CC)CC2)ccn1. The third-order valence-electron chi connectivity index (χ3n) is 3.86. The molecule has 1 aliphatic heterocycles. The van der Waals surface area contributed by atoms with Gasteiger partial charge in [-0.15, -0.1) is 0 Å². The number of carbonyl (C=O) groups is 1. The first-order chi connectivity index (χ1) is 10.7. The van der Waals surface area contributed by atoms with E-state index in [9.17, 15) is 4.79 Å². The van der Waals surface area contributed by atoms with Crippen molar-refractivity contribution in [3.05, 3.63) is 23.9 Å². The summed E-state index contributed by atoms with van der Waals surface area (Å²) in [5.74, 6) is 0.671. The van der Waals surface area contributed by atoms with Crippen molar-refractivity contribution < 1.29 is 9.53 Å². The molecule has 1 N–H and O–H groups in total. The van der Waals surface area contributed by atoms with Crippen molar-refractivity contribution in [3.8, 4) is 5.88 Å². The van der Waals surface area contributed by atoms with Gasteiger partial charge < -0.3 is 15.0 Å². The second-order valence-corrected chi connectivity index (χ2v) is 5.42. The Bertz CT molecular complexity index is 473. The summed E-state index contributed by atoms with van der Waals surface area (Å²) < 4.78 is 5.36. The highest BCUT2D eigenvalue weighted by Crippen LogP contribution is 2.09. The molecule has 6 heteroatoms. The van der Waals surface area contributed by atoms with Crippen LogP contribution in [0.2, 0.25) is 0 Å². The van der Waals surface area contributed by atoms with Gasteiger partial charge in [-0.25, -0.2) is 4.98 Å². The number of carbonyl (C=O) groups excluding carboxylic acids is 1. The Morgan fingerprint density at radius 1 is 1.27 bits per heavy atom. The maximum absolute atomic E-state index is 12.0. The summed E-state index contributed by atoms with van der Waals surface area (Å²) in [7, 11) is 0. The van der Waals surface area contributed by atoms with Crippen molar-refractivity contribution in [1.29, 1.82) is 0 Å². The highest BCUT2D eigenvalue weighted by molar-refractivity contribution is 5.78. The van der Waals surface area contributed by atoms with Crippen molar-refractivity contribution >= 4 is 5.91 Å². The molecule has 1 aromatic heterocycles. The van der Waals surface area contributed by atoms with Crippen LogP contribution in [0.15, 0.2) is 18.3 Å². The van der Waals surface area contributed by atoms with E-state index in [1.165, 1.54) is 0 Å². The Balaban J connectivity index is 1.72. The smallest absolute Gasteiger partial charge is 0.234 e. The first kappa shape index (κ1) is 16.7. The molecular formula is C16H26N4O2. The summed E-state index contributed by atoms with van der Waals surface area (Å²) >= 11 is 0. The second kappa shape index (κ2) is 8.70. The number of pyridine rings is 1. The molecule has 0 saturated carbocycles. The Kier molecular flexibility index (Phi) is 6.61. The van der Waals surface area contributed by atoms with Crippen LogP contribution in [0.25, 0.3) is 0 Å². The number of ether oxygens (including phenoxy) is 1. The van der Waals surface area contributed by atoms with Crippen molar-refractivity contribution in [2.24, 2.45) is 0 Å². The minimum atomic E-state index is 0.0692. The van der Waals surface area contributed by atoms with Crippen LogP contribution in [-0.2, 0) is 11.3 Å². The molecule has 1 amide bonds. The molecule has 0 spiro atoms. The van der Waals surface area contributed by atoms with Gasteiger partial charge in [-0.2, -0.15) is 0 Å². The highest BCUT2D eigenvalue weighted by atomic mass is 16.5. The van der Waals surface area contributed by atoms with Gasteiger partial charge in [0.1, 0.15) is 0 Å². The third kappa shape index (κ3) is 5.27. The molecule has 0 unspecified atom stereocenters. The zero-order chi connectivity index (χ0) is 15.8. The molecule has 2 heterocycles. The number of amides is 1. The molecule has 6 nitrogen and oxygen atoms in total. The maximum Gasteiger partial charge on any atom is 0.234 e. The normalized spacial score (nSPS) is 16.5. The molecule has 1 saturated heterocycles. The minimum absolute atomic E-state index is 0.0692. The first-order valence-corrected chi connectivity index (χ1v) is 8.00. The van der Waals surface area contributed by atoms with Crippen molar-refractivity contribution in [3.63, 3.8) is 0 Å². The number of hydrogen-bond donors (Lipinski definition) is 1.